The Labute approximate surface area is 79.5 Å². The molecule has 13 heavy (non-hydrogen) atoms. The summed E-state index contributed by atoms with van der Waals surface area (Å²) in [4.78, 5) is 13.3. The van der Waals surface area contributed by atoms with Crippen LogP contribution in [0.3, 0.4) is 0 Å². The van der Waals surface area contributed by atoms with Crippen molar-refractivity contribution in [2.45, 2.75) is 32.6 Å². The first kappa shape index (κ1) is 8.85. The molecule has 3 nitrogen and oxygen atoms in total. The lowest BCUT2D eigenvalue weighted by Crippen LogP contribution is -2.59. The summed E-state index contributed by atoms with van der Waals surface area (Å²) in [5, 5.41) is 2.84. The Morgan fingerprint density at radius 3 is 2.54 bits per heavy atom. The number of carbonyl (C=O) groups is 1. The fourth-order valence-corrected chi connectivity index (χ4v) is 2.61. The second-order valence-corrected chi connectivity index (χ2v) is 4.40. The van der Waals surface area contributed by atoms with E-state index in [1.54, 1.807) is 0 Å². The molecule has 1 spiro atoms. The summed E-state index contributed by atoms with van der Waals surface area (Å²) >= 11 is 0. The van der Waals surface area contributed by atoms with Gasteiger partial charge in [-0.3, -0.25) is 0 Å². The molecule has 0 aromatic heterocycles. The van der Waals surface area contributed by atoms with Crippen molar-refractivity contribution in [2.75, 3.05) is 19.6 Å². The highest BCUT2D eigenvalue weighted by molar-refractivity contribution is 5.75. The van der Waals surface area contributed by atoms with E-state index in [1.165, 1.54) is 25.7 Å². The molecule has 0 radical (unpaired) electrons. The quantitative estimate of drug-likeness (QED) is 0.656. The molecular weight excluding hydrogens is 164 g/mol. The molecule has 1 aliphatic heterocycles. The topological polar surface area (TPSA) is 32.3 Å². The van der Waals surface area contributed by atoms with Gasteiger partial charge < -0.3 is 10.2 Å². The van der Waals surface area contributed by atoms with Crippen LogP contribution in [0.15, 0.2) is 0 Å². The van der Waals surface area contributed by atoms with Gasteiger partial charge in [0.05, 0.1) is 0 Å². The van der Waals surface area contributed by atoms with E-state index in [-0.39, 0.29) is 6.03 Å². The summed E-state index contributed by atoms with van der Waals surface area (Å²) < 4.78 is 0. The number of urea groups is 1. The van der Waals surface area contributed by atoms with Crippen LogP contribution in [0.1, 0.15) is 32.6 Å². The lowest BCUT2D eigenvalue weighted by atomic mass is 9.78. The number of likely N-dealkylation sites (tertiary alicyclic amines) is 1. The van der Waals surface area contributed by atoms with Crippen molar-refractivity contribution < 1.29 is 4.79 Å². The fourth-order valence-electron chi connectivity index (χ4n) is 2.61. The summed E-state index contributed by atoms with van der Waals surface area (Å²) in [6, 6.07) is 0.125. The third kappa shape index (κ3) is 1.52. The predicted molar refractivity (Wildman–Crippen MR) is 51.5 cm³/mol. The van der Waals surface area contributed by atoms with E-state index in [9.17, 15) is 4.79 Å². The molecule has 3 heteroatoms. The zero-order valence-electron chi connectivity index (χ0n) is 8.31. The number of nitrogens with zero attached hydrogens (tertiary/aromatic N) is 1. The van der Waals surface area contributed by atoms with Gasteiger partial charge in [-0.2, -0.15) is 0 Å². The van der Waals surface area contributed by atoms with E-state index in [0.29, 0.717) is 5.41 Å². The molecule has 0 atom stereocenters. The third-order valence-electron chi connectivity index (χ3n) is 3.33. The molecular formula is C10H18N2O. The van der Waals surface area contributed by atoms with Gasteiger partial charge in [0.1, 0.15) is 0 Å². The summed E-state index contributed by atoms with van der Waals surface area (Å²) in [5.41, 5.74) is 0.533. The van der Waals surface area contributed by atoms with Crippen molar-refractivity contribution in [3.05, 3.63) is 0 Å². The number of nitrogens with one attached hydrogen (secondary N) is 1. The lowest BCUT2D eigenvalue weighted by molar-refractivity contribution is 0.0374. The SMILES string of the molecule is CCNC(=O)N1CC2(CCCC2)C1. The average molecular weight is 182 g/mol. The second-order valence-electron chi connectivity index (χ2n) is 4.40. The predicted octanol–water partition coefficient (Wildman–Crippen LogP) is 1.59. The zero-order chi connectivity index (χ0) is 9.31. The Kier molecular flexibility index (Phi) is 2.18. The Morgan fingerprint density at radius 2 is 2.00 bits per heavy atom. The fraction of sp³-hybridized carbons (Fsp3) is 0.900. The Balaban J connectivity index is 1.80. The minimum Gasteiger partial charge on any atom is -0.338 e. The van der Waals surface area contributed by atoms with Crippen LogP contribution in [-0.4, -0.2) is 30.6 Å². The lowest BCUT2D eigenvalue weighted by Gasteiger charge is -2.48. The molecule has 2 fully saturated rings. The zero-order valence-corrected chi connectivity index (χ0v) is 8.31. The van der Waals surface area contributed by atoms with Crippen LogP contribution >= 0.6 is 0 Å². The first-order valence-electron chi connectivity index (χ1n) is 5.29. The molecule has 1 saturated carbocycles. The molecule has 0 unspecified atom stereocenters. The minimum absolute atomic E-state index is 0.125. The number of rotatable bonds is 1. The largest absolute Gasteiger partial charge is 0.338 e. The third-order valence-corrected chi connectivity index (χ3v) is 3.33. The molecule has 1 aliphatic carbocycles. The van der Waals surface area contributed by atoms with E-state index < -0.39 is 0 Å². The van der Waals surface area contributed by atoms with Crippen molar-refractivity contribution in [3.8, 4) is 0 Å². The Morgan fingerprint density at radius 1 is 1.38 bits per heavy atom. The summed E-state index contributed by atoms with van der Waals surface area (Å²) in [5.74, 6) is 0. The highest BCUT2D eigenvalue weighted by Crippen LogP contribution is 2.45. The molecule has 74 valence electrons. The summed E-state index contributed by atoms with van der Waals surface area (Å²) in [7, 11) is 0. The molecule has 1 saturated heterocycles. The van der Waals surface area contributed by atoms with Gasteiger partial charge in [0.25, 0.3) is 0 Å². The van der Waals surface area contributed by atoms with Crippen LogP contribution in [0, 0.1) is 5.41 Å². The van der Waals surface area contributed by atoms with Gasteiger partial charge in [-0.15, -0.1) is 0 Å². The van der Waals surface area contributed by atoms with Crippen molar-refractivity contribution >= 4 is 6.03 Å². The first-order chi connectivity index (χ1) is 6.26. The minimum atomic E-state index is 0.125. The van der Waals surface area contributed by atoms with Crippen LogP contribution in [0.25, 0.3) is 0 Å². The van der Waals surface area contributed by atoms with Crippen LogP contribution in [-0.2, 0) is 0 Å². The van der Waals surface area contributed by atoms with Gasteiger partial charge in [-0.05, 0) is 19.8 Å². The van der Waals surface area contributed by atoms with Crippen molar-refractivity contribution in [1.29, 1.82) is 0 Å². The number of hydrogen-bond acceptors (Lipinski definition) is 1. The van der Waals surface area contributed by atoms with Gasteiger partial charge >= 0.3 is 6.03 Å². The highest BCUT2D eigenvalue weighted by atomic mass is 16.2. The smallest absolute Gasteiger partial charge is 0.317 e. The van der Waals surface area contributed by atoms with E-state index in [2.05, 4.69) is 5.32 Å². The first-order valence-corrected chi connectivity index (χ1v) is 5.29. The molecule has 2 amide bonds. The van der Waals surface area contributed by atoms with Gasteiger partial charge in [0.15, 0.2) is 0 Å². The van der Waals surface area contributed by atoms with Crippen LogP contribution in [0.2, 0.25) is 0 Å². The molecule has 0 bridgehead atoms. The van der Waals surface area contributed by atoms with Crippen molar-refractivity contribution in [3.63, 3.8) is 0 Å². The van der Waals surface area contributed by atoms with E-state index in [1.807, 2.05) is 11.8 Å². The number of carbonyl (C=O) groups excluding carboxylic acids is 1. The van der Waals surface area contributed by atoms with Crippen molar-refractivity contribution in [1.82, 2.24) is 10.2 Å². The molecule has 1 N–H and O–H groups in total. The van der Waals surface area contributed by atoms with Gasteiger partial charge in [0, 0.05) is 25.0 Å². The van der Waals surface area contributed by atoms with Gasteiger partial charge in [-0.25, -0.2) is 4.79 Å². The van der Waals surface area contributed by atoms with Gasteiger partial charge in [-0.1, -0.05) is 12.8 Å². The second kappa shape index (κ2) is 3.20. The monoisotopic (exact) mass is 182 g/mol. The molecule has 2 rings (SSSR count). The highest BCUT2D eigenvalue weighted by Gasteiger charge is 2.46. The molecule has 0 aromatic carbocycles. The van der Waals surface area contributed by atoms with Crippen LogP contribution < -0.4 is 5.32 Å². The maximum Gasteiger partial charge on any atom is 0.317 e. The molecule has 2 aliphatic rings. The van der Waals surface area contributed by atoms with E-state index >= 15 is 0 Å². The van der Waals surface area contributed by atoms with Gasteiger partial charge in [0.2, 0.25) is 0 Å². The number of hydrogen-bond donors (Lipinski definition) is 1. The van der Waals surface area contributed by atoms with Crippen LogP contribution in [0.4, 0.5) is 4.79 Å². The average Bonchev–Trinajstić information content (AvgIpc) is 2.49. The molecule has 1 heterocycles. The maximum absolute atomic E-state index is 11.4. The van der Waals surface area contributed by atoms with Crippen LogP contribution in [0.5, 0.6) is 0 Å². The van der Waals surface area contributed by atoms with E-state index in [4.69, 9.17) is 0 Å². The molecule has 0 aromatic rings. The summed E-state index contributed by atoms with van der Waals surface area (Å²) in [6.07, 6.45) is 5.40. The normalized spacial score (nSPS) is 24.5. The number of amides is 2. The summed E-state index contributed by atoms with van der Waals surface area (Å²) in [6.45, 7) is 4.70. The van der Waals surface area contributed by atoms with Crippen molar-refractivity contribution in [2.24, 2.45) is 5.41 Å². The Hall–Kier alpha value is -0.730. The maximum atomic E-state index is 11.4. The standard InChI is InChI=1S/C10H18N2O/c1-2-11-9(13)12-7-10(8-12)5-3-4-6-10/h2-8H2,1H3,(H,11,13). The van der Waals surface area contributed by atoms with E-state index in [0.717, 1.165) is 19.6 Å². The Bertz CT molecular complexity index is 201.